The molecule has 0 aromatic heterocycles. The Bertz CT molecular complexity index is 127. The van der Waals surface area contributed by atoms with Gasteiger partial charge in [-0.1, -0.05) is 0 Å². The molecule has 3 nitrogen and oxygen atoms in total. The van der Waals surface area contributed by atoms with Crippen LogP contribution in [0.15, 0.2) is 0 Å². The summed E-state index contributed by atoms with van der Waals surface area (Å²) >= 11 is 0. The molecule has 0 spiro atoms. The molecular weight excluding hydrogens is 132 g/mol. The molecule has 0 atom stereocenters. The van der Waals surface area contributed by atoms with Gasteiger partial charge >= 0.3 is 5.97 Å². The molecule has 0 amide bonds. The van der Waals surface area contributed by atoms with Crippen LogP contribution in [0.5, 0.6) is 0 Å². The second kappa shape index (κ2) is 3.01. The number of rotatable bonds is 2. The van der Waals surface area contributed by atoms with Gasteiger partial charge in [0.05, 0.1) is 12.7 Å². The maximum absolute atomic E-state index is 10.3. The van der Waals surface area contributed by atoms with Crippen molar-refractivity contribution in [3.8, 4) is 0 Å². The number of hydrogen-bond donors (Lipinski definition) is 1. The number of hydrogen-bond acceptors (Lipinski definition) is 3. The Morgan fingerprint density at radius 3 is 2.70 bits per heavy atom. The molecular formula is C7H12O3. The number of aliphatic hydroxyl groups is 1. The van der Waals surface area contributed by atoms with E-state index in [1.807, 2.05) is 0 Å². The minimum absolute atomic E-state index is 0.152. The van der Waals surface area contributed by atoms with Crippen molar-refractivity contribution in [2.75, 3.05) is 6.61 Å². The van der Waals surface area contributed by atoms with Crippen molar-refractivity contribution < 1.29 is 14.6 Å². The van der Waals surface area contributed by atoms with E-state index in [9.17, 15) is 4.79 Å². The Morgan fingerprint density at radius 2 is 2.30 bits per heavy atom. The molecule has 0 aromatic carbocycles. The van der Waals surface area contributed by atoms with E-state index < -0.39 is 0 Å². The van der Waals surface area contributed by atoms with Crippen LogP contribution in [0.4, 0.5) is 0 Å². The van der Waals surface area contributed by atoms with Crippen molar-refractivity contribution in [1.82, 2.24) is 0 Å². The van der Waals surface area contributed by atoms with E-state index in [0.29, 0.717) is 12.5 Å². The molecule has 10 heavy (non-hydrogen) atoms. The largest absolute Gasteiger partial charge is 0.466 e. The highest BCUT2D eigenvalue weighted by Gasteiger charge is 2.27. The van der Waals surface area contributed by atoms with Crippen LogP contribution in [0.2, 0.25) is 0 Å². The molecule has 1 aliphatic carbocycles. The van der Waals surface area contributed by atoms with Gasteiger partial charge in [0.15, 0.2) is 0 Å². The molecule has 3 heteroatoms. The van der Waals surface area contributed by atoms with Gasteiger partial charge in [0.2, 0.25) is 0 Å². The molecule has 0 heterocycles. The zero-order chi connectivity index (χ0) is 7.56. The zero-order valence-corrected chi connectivity index (χ0v) is 6.04. The predicted octanol–water partition coefficient (Wildman–Crippen LogP) is 0.320. The molecule has 1 N–H and O–H groups in total. The zero-order valence-electron chi connectivity index (χ0n) is 6.04. The van der Waals surface area contributed by atoms with E-state index in [-0.39, 0.29) is 12.1 Å². The van der Waals surface area contributed by atoms with Gasteiger partial charge in [-0.25, -0.2) is 0 Å². The van der Waals surface area contributed by atoms with Crippen LogP contribution in [-0.4, -0.2) is 23.8 Å². The van der Waals surface area contributed by atoms with E-state index >= 15 is 0 Å². The lowest BCUT2D eigenvalue weighted by molar-refractivity contribution is -0.144. The van der Waals surface area contributed by atoms with Crippen molar-refractivity contribution >= 4 is 5.97 Å². The third kappa shape index (κ3) is 1.99. The molecule has 1 rings (SSSR count). The SMILES string of the molecule is CC(=O)OC[C@H]1C[C@H](O)C1. The Labute approximate surface area is 60.0 Å². The van der Waals surface area contributed by atoms with Gasteiger partial charge in [0, 0.05) is 6.92 Å². The molecule has 0 radical (unpaired) electrons. The molecule has 0 aromatic rings. The first kappa shape index (κ1) is 7.54. The smallest absolute Gasteiger partial charge is 0.302 e. The fourth-order valence-corrected chi connectivity index (χ4v) is 1.07. The summed E-state index contributed by atoms with van der Waals surface area (Å²) < 4.78 is 4.74. The summed E-state index contributed by atoms with van der Waals surface area (Å²) in [7, 11) is 0. The minimum Gasteiger partial charge on any atom is -0.466 e. The highest BCUT2D eigenvalue weighted by atomic mass is 16.5. The Hall–Kier alpha value is -0.570. The maximum Gasteiger partial charge on any atom is 0.302 e. The van der Waals surface area contributed by atoms with Crippen molar-refractivity contribution in [3.05, 3.63) is 0 Å². The summed E-state index contributed by atoms with van der Waals surface area (Å²) in [6, 6.07) is 0. The monoisotopic (exact) mass is 144 g/mol. The van der Waals surface area contributed by atoms with Gasteiger partial charge in [-0.05, 0) is 18.8 Å². The molecule has 0 unspecified atom stereocenters. The van der Waals surface area contributed by atoms with Gasteiger partial charge < -0.3 is 9.84 Å². The fraction of sp³-hybridized carbons (Fsp3) is 0.857. The van der Waals surface area contributed by atoms with Gasteiger partial charge in [-0.3, -0.25) is 4.79 Å². The summed E-state index contributed by atoms with van der Waals surface area (Å²) in [5.74, 6) is 0.167. The number of esters is 1. The molecule has 0 bridgehead atoms. The number of carbonyl (C=O) groups excluding carboxylic acids is 1. The van der Waals surface area contributed by atoms with E-state index in [4.69, 9.17) is 9.84 Å². The first-order valence-electron chi connectivity index (χ1n) is 3.50. The third-order valence-corrected chi connectivity index (χ3v) is 1.73. The second-order valence-electron chi connectivity index (χ2n) is 2.79. The molecule has 0 aliphatic heterocycles. The van der Waals surface area contributed by atoms with E-state index in [1.54, 1.807) is 0 Å². The van der Waals surface area contributed by atoms with E-state index in [2.05, 4.69) is 0 Å². The Balaban J connectivity index is 2.00. The number of carbonyl (C=O) groups is 1. The molecule has 1 saturated carbocycles. The first-order valence-corrected chi connectivity index (χ1v) is 3.50. The standard InChI is InChI=1S/C7H12O3/c1-5(8)10-4-6-2-7(9)3-6/h6-7,9H,2-4H2,1H3/t6-,7-. The molecule has 1 fully saturated rings. The molecule has 58 valence electrons. The Kier molecular flexibility index (Phi) is 2.27. The lowest BCUT2D eigenvalue weighted by Crippen LogP contribution is -2.32. The van der Waals surface area contributed by atoms with Crippen molar-refractivity contribution in [1.29, 1.82) is 0 Å². The molecule has 0 saturated heterocycles. The van der Waals surface area contributed by atoms with Crippen LogP contribution >= 0.6 is 0 Å². The van der Waals surface area contributed by atoms with Gasteiger partial charge in [-0.2, -0.15) is 0 Å². The lowest BCUT2D eigenvalue weighted by atomic mass is 9.83. The summed E-state index contributed by atoms with van der Waals surface area (Å²) in [5, 5.41) is 8.84. The Morgan fingerprint density at radius 1 is 1.70 bits per heavy atom. The lowest BCUT2D eigenvalue weighted by Gasteiger charge is -2.30. The van der Waals surface area contributed by atoms with Crippen LogP contribution in [-0.2, 0) is 9.53 Å². The quantitative estimate of drug-likeness (QED) is 0.568. The number of aliphatic hydroxyl groups excluding tert-OH is 1. The predicted molar refractivity (Wildman–Crippen MR) is 35.4 cm³/mol. The summed E-state index contributed by atoms with van der Waals surface area (Å²) in [5.41, 5.74) is 0. The average molecular weight is 144 g/mol. The molecule has 1 aliphatic rings. The summed E-state index contributed by atoms with van der Waals surface area (Å²) in [6.07, 6.45) is 1.42. The first-order chi connectivity index (χ1) is 4.68. The van der Waals surface area contributed by atoms with Crippen molar-refractivity contribution in [2.45, 2.75) is 25.9 Å². The van der Waals surface area contributed by atoms with Crippen LogP contribution in [0.25, 0.3) is 0 Å². The van der Waals surface area contributed by atoms with Crippen LogP contribution in [0.3, 0.4) is 0 Å². The third-order valence-electron chi connectivity index (χ3n) is 1.73. The van der Waals surface area contributed by atoms with Gasteiger partial charge in [0.25, 0.3) is 0 Å². The van der Waals surface area contributed by atoms with Crippen molar-refractivity contribution in [2.24, 2.45) is 5.92 Å². The normalized spacial score (nSPS) is 31.0. The van der Waals surface area contributed by atoms with E-state index in [0.717, 1.165) is 12.8 Å². The number of ether oxygens (including phenoxy) is 1. The van der Waals surface area contributed by atoms with E-state index in [1.165, 1.54) is 6.92 Å². The maximum atomic E-state index is 10.3. The second-order valence-corrected chi connectivity index (χ2v) is 2.79. The summed E-state index contributed by atoms with van der Waals surface area (Å²) in [4.78, 5) is 10.3. The van der Waals surface area contributed by atoms with Gasteiger partial charge in [0.1, 0.15) is 0 Å². The average Bonchev–Trinajstić information content (AvgIpc) is 1.77. The highest BCUT2D eigenvalue weighted by molar-refractivity contribution is 5.65. The fourth-order valence-electron chi connectivity index (χ4n) is 1.07. The highest BCUT2D eigenvalue weighted by Crippen LogP contribution is 2.26. The van der Waals surface area contributed by atoms with Gasteiger partial charge in [-0.15, -0.1) is 0 Å². The minimum atomic E-state index is -0.235. The van der Waals surface area contributed by atoms with Crippen LogP contribution < -0.4 is 0 Å². The van der Waals surface area contributed by atoms with Crippen LogP contribution in [0.1, 0.15) is 19.8 Å². The summed E-state index contributed by atoms with van der Waals surface area (Å²) in [6.45, 7) is 1.88. The topological polar surface area (TPSA) is 46.5 Å². The van der Waals surface area contributed by atoms with Crippen molar-refractivity contribution in [3.63, 3.8) is 0 Å². The van der Waals surface area contributed by atoms with Crippen LogP contribution in [0, 0.1) is 5.92 Å².